The van der Waals surface area contributed by atoms with Gasteiger partial charge >= 0.3 is 5.97 Å². The average molecular weight is 408 g/mol. The van der Waals surface area contributed by atoms with Crippen molar-refractivity contribution in [2.24, 2.45) is 0 Å². The molecule has 0 bridgehead atoms. The third kappa shape index (κ3) is 3.91. The molecule has 0 radical (unpaired) electrons. The first-order valence-corrected chi connectivity index (χ1v) is 9.80. The largest absolute Gasteiger partial charge is 0.480 e. The molecule has 0 aliphatic heterocycles. The van der Waals surface area contributed by atoms with Gasteiger partial charge in [-0.25, -0.2) is 8.78 Å². The number of hydrogen-bond acceptors (Lipinski definition) is 2. The van der Waals surface area contributed by atoms with Crippen LogP contribution in [-0.2, 0) is 16.6 Å². The van der Waals surface area contributed by atoms with Crippen molar-refractivity contribution in [2.45, 2.75) is 44.1 Å². The number of likely N-dealkylation sites (N-methyl/N-ethyl adjacent to an activating group) is 1. The summed E-state index contributed by atoms with van der Waals surface area (Å²) in [5, 5.41) is 9.80. The highest BCUT2D eigenvalue weighted by molar-refractivity contribution is 6.30. The average Bonchev–Trinajstić information content (AvgIpc) is 3.00. The standard InChI is InChI=1S/C22H24ClF2NO2/c1-14(21(27)28)26(2)11-3-9-22(16-4-6-17(23)7-5-16)10-8-15-12-19(24)20(25)13-18(15)22/h4-7,12-14H,3,8-11H2,1-2H3,(H,27,28). The van der Waals surface area contributed by atoms with Crippen molar-refractivity contribution in [1.82, 2.24) is 4.90 Å². The Hall–Kier alpha value is -1.98. The van der Waals surface area contributed by atoms with Crippen molar-refractivity contribution in [1.29, 1.82) is 0 Å². The van der Waals surface area contributed by atoms with Gasteiger partial charge in [0.25, 0.3) is 0 Å². The second kappa shape index (κ2) is 8.18. The summed E-state index contributed by atoms with van der Waals surface area (Å²) in [5.41, 5.74) is 2.25. The molecule has 2 aromatic rings. The summed E-state index contributed by atoms with van der Waals surface area (Å²) in [6.45, 7) is 2.25. The Kier molecular flexibility index (Phi) is 6.06. The fourth-order valence-corrected chi connectivity index (χ4v) is 4.33. The van der Waals surface area contributed by atoms with Crippen LogP contribution in [0.4, 0.5) is 8.78 Å². The minimum absolute atomic E-state index is 0.429. The molecular weight excluding hydrogens is 384 g/mol. The van der Waals surface area contributed by atoms with Gasteiger partial charge in [0, 0.05) is 10.4 Å². The molecule has 28 heavy (non-hydrogen) atoms. The molecule has 0 amide bonds. The highest BCUT2D eigenvalue weighted by Crippen LogP contribution is 2.48. The number of carboxylic acid groups (broad SMARTS) is 1. The topological polar surface area (TPSA) is 40.5 Å². The number of nitrogens with zero attached hydrogens (tertiary/aromatic N) is 1. The first-order valence-electron chi connectivity index (χ1n) is 9.42. The van der Waals surface area contributed by atoms with E-state index in [0.29, 0.717) is 24.4 Å². The molecule has 0 saturated carbocycles. The summed E-state index contributed by atoms with van der Waals surface area (Å²) < 4.78 is 27.8. The molecule has 1 aliphatic rings. The van der Waals surface area contributed by atoms with Crippen LogP contribution in [0.5, 0.6) is 0 Å². The van der Waals surface area contributed by atoms with E-state index in [4.69, 9.17) is 11.6 Å². The zero-order valence-corrected chi connectivity index (χ0v) is 16.8. The number of carbonyl (C=O) groups is 1. The van der Waals surface area contributed by atoms with Crippen LogP contribution in [0.25, 0.3) is 0 Å². The van der Waals surface area contributed by atoms with E-state index in [-0.39, 0.29) is 0 Å². The first-order chi connectivity index (χ1) is 13.2. The molecule has 150 valence electrons. The van der Waals surface area contributed by atoms with Gasteiger partial charge in [-0.3, -0.25) is 9.69 Å². The number of aryl methyl sites for hydroxylation is 1. The van der Waals surface area contributed by atoms with E-state index in [2.05, 4.69) is 0 Å². The van der Waals surface area contributed by atoms with E-state index in [0.717, 1.165) is 29.5 Å². The van der Waals surface area contributed by atoms with Gasteiger partial charge in [0.05, 0.1) is 0 Å². The normalized spacial score (nSPS) is 19.6. The molecule has 0 spiro atoms. The highest BCUT2D eigenvalue weighted by atomic mass is 35.5. The Morgan fingerprint density at radius 3 is 2.54 bits per heavy atom. The van der Waals surface area contributed by atoms with Gasteiger partial charge in [0.15, 0.2) is 11.6 Å². The molecule has 1 aliphatic carbocycles. The lowest BCUT2D eigenvalue weighted by Crippen LogP contribution is -2.37. The molecular formula is C22H24ClF2NO2. The SMILES string of the molecule is CC(C(=O)O)N(C)CCCC1(c2ccc(Cl)cc2)CCc2cc(F)c(F)cc21. The van der Waals surface area contributed by atoms with E-state index in [9.17, 15) is 18.7 Å². The third-order valence-electron chi connectivity index (χ3n) is 6.01. The molecule has 0 saturated heterocycles. The van der Waals surface area contributed by atoms with Crippen LogP contribution in [0.15, 0.2) is 36.4 Å². The Balaban J connectivity index is 1.92. The van der Waals surface area contributed by atoms with Crippen LogP contribution in [-0.4, -0.2) is 35.6 Å². The molecule has 1 N–H and O–H groups in total. The van der Waals surface area contributed by atoms with Gasteiger partial charge in [-0.05, 0) is 87.2 Å². The molecule has 2 aromatic carbocycles. The maximum atomic E-state index is 14.1. The molecule has 3 rings (SSSR count). The van der Waals surface area contributed by atoms with E-state index in [1.807, 2.05) is 24.3 Å². The second-order valence-corrected chi connectivity index (χ2v) is 8.05. The quantitative estimate of drug-likeness (QED) is 0.699. The number of halogens is 3. The second-order valence-electron chi connectivity index (χ2n) is 7.61. The van der Waals surface area contributed by atoms with E-state index < -0.39 is 29.1 Å². The van der Waals surface area contributed by atoms with Crippen LogP contribution in [0.1, 0.15) is 42.9 Å². The maximum Gasteiger partial charge on any atom is 0.320 e. The highest BCUT2D eigenvalue weighted by Gasteiger charge is 2.40. The predicted octanol–water partition coefficient (Wildman–Crippen LogP) is 5.04. The summed E-state index contributed by atoms with van der Waals surface area (Å²) in [7, 11) is 1.78. The Labute approximate surface area is 168 Å². The number of aliphatic carboxylic acids is 1. The van der Waals surface area contributed by atoms with Gasteiger partial charge < -0.3 is 5.11 Å². The van der Waals surface area contributed by atoms with Crippen molar-refractivity contribution in [3.8, 4) is 0 Å². The molecule has 2 unspecified atom stereocenters. The molecule has 0 aromatic heterocycles. The Morgan fingerprint density at radius 2 is 1.89 bits per heavy atom. The summed E-state index contributed by atoms with van der Waals surface area (Å²) in [4.78, 5) is 13.0. The first kappa shape index (κ1) is 20.7. The van der Waals surface area contributed by atoms with Crippen molar-refractivity contribution < 1.29 is 18.7 Å². The molecule has 2 atom stereocenters. The summed E-state index contributed by atoms with van der Waals surface area (Å²) >= 11 is 6.05. The predicted molar refractivity (Wildman–Crippen MR) is 106 cm³/mol. The molecule has 0 heterocycles. The number of fused-ring (bicyclic) bond motifs is 1. The lowest BCUT2D eigenvalue weighted by molar-refractivity contribution is -0.142. The summed E-state index contributed by atoms with van der Waals surface area (Å²) in [5.74, 6) is -2.52. The van der Waals surface area contributed by atoms with Gasteiger partial charge in [-0.2, -0.15) is 0 Å². The van der Waals surface area contributed by atoms with Crippen LogP contribution in [0.2, 0.25) is 5.02 Å². The molecule has 3 nitrogen and oxygen atoms in total. The van der Waals surface area contributed by atoms with E-state index in [1.54, 1.807) is 18.9 Å². The number of rotatable bonds is 7. The smallest absolute Gasteiger partial charge is 0.320 e. The van der Waals surface area contributed by atoms with Gasteiger partial charge in [0.1, 0.15) is 6.04 Å². The Bertz CT molecular complexity index is 872. The minimum atomic E-state index is -0.862. The molecule has 0 fully saturated rings. The van der Waals surface area contributed by atoms with E-state index >= 15 is 0 Å². The van der Waals surface area contributed by atoms with Crippen LogP contribution < -0.4 is 0 Å². The van der Waals surface area contributed by atoms with Gasteiger partial charge in [-0.15, -0.1) is 0 Å². The van der Waals surface area contributed by atoms with Crippen molar-refractivity contribution in [3.63, 3.8) is 0 Å². The Morgan fingerprint density at radius 1 is 1.25 bits per heavy atom. The fraction of sp³-hybridized carbons (Fsp3) is 0.409. The van der Waals surface area contributed by atoms with Gasteiger partial charge in [0.2, 0.25) is 0 Å². The van der Waals surface area contributed by atoms with Crippen molar-refractivity contribution in [2.75, 3.05) is 13.6 Å². The van der Waals surface area contributed by atoms with Crippen LogP contribution >= 0.6 is 11.6 Å². The maximum absolute atomic E-state index is 14.1. The zero-order chi connectivity index (χ0) is 20.5. The van der Waals surface area contributed by atoms with Crippen molar-refractivity contribution in [3.05, 3.63) is 69.7 Å². The lowest BCUT2D eigenvalue weighted by Gasteiger charge is -2.33. The number of benzene rings is 2. The zero-order valence-electron chi connectivity index (χ0n) is 16.0. The third-order valence-corrected chi connectivity index (χ3v) is 6.26. The van der Waals surface area contributed by atoms with Crippen LogP contribution in [0, 0.1) is 11.6 Å². The molecule has 6 heteroatoms. The van der Waals surface area contributed by atoms with Gasteiger partial charge in [-0.1, -0.05) is 23.7 Å². The fourth-order valence-electron chi connectivity index (χ4n) is 4.21. The van der Waals surface area contributed by atoms with Crippen LogP contribution in [0.3, 0.4) is 0 Å². The lowest BCUT2D eigenvalue weighted by atomic mass is 9.72. The van der Waals surface area contributed by atoms with Crippen molar-refractivity contribution >= 4 is 17.6 Å². The number of hydrogen-bond donors (Lipinski definition) is 1. The summed E-state index contributed by atoms with van der Waals surface area (Å²) in [6.07, 6.45) is 2.88. The van der Waals surface area contributed by atoms with E-state index in [1.165, 1.54) is 12.1 Å². The minimum Gasteiger partial charge on any atom is -0.480 e. The monoisotopic (exact) mass is 407 g/mol. The number of carboxylic acids is 1. The summed E-state index contributed by atoms with van der Waals surface area (Å²) in [6, 6.07) is 9.58.